The molecule has 0 bridgehead atoms. The molecule has 0 saturated carbocycles. The van der Waals surface area contributed by atoms with E-state index in [1.54, 1.807) is 0 Å². The Morgan fingerprint density at radius 2 is 1.96 bits per heavy atom. The Bertz CT molecular complexity index is 789. The number of carbonyl (C=O) groups excluding carboxylic acids is 1. The molecular weight excluding hydrogens is 300 g/mol. The number of hydrogen-bond donors (Lipinski definition) is 1. The standard InChI is InChI=1S/C19H20N4O/c24-17-9-13-10-23(11-16(13)20-17)19-14-7-4-8-15(14)21-18(22-19)12-5-2-1-3-6-12/h1-3,5-6,13,16H,4,7-11H2,(H,20,24)/t13-,16+/m0/s1. The van der Waals surface area contributed by atoms with E-state index < -0.39 is 0 Å². The Hall–Kier alpha value is -2.43. The Balaban J connectivity index is 1.54. The number of aromatic nitrogens is 2. The molecule has 1 aliphatic carbocycles. The van der Waals surface area contributed by atoms with Crippen LogP contribution >= 0.6 is 0 Å². The summed E-state index contributed by atoms with van der Waals surface area (Å²) in [6.07, 6.45) is 3.92. The first-order chi connectivity index (χ1) is 11.8. The van der Waals surface area contributed by atoms with Crippen molar-refractivity contribution in [1.82, 2.24) is 15.3 Å². The van der Waals surface area contributed by atoms with Crippen LogP contribution in [-0.4, -0.2) is 35.0 Å². The first-order valence-corrected chi connectivity index (χ1v) is 8.77. The fraction of sp³-hybridized carbons (Fsp3) is 0.421. The molecule has 0 unspecified atom stereocenters. The topological polar surface area (TPSA) is 58.1 Å². The average Bonchev–Trinajstić information content (AvgIpc) is 3.28. The quantitative estimate of drug-likeness (QED) is 0.919. The van der Waals surface area contributed by atoms with Gasteiger partial charge in [0.05, 0.1) is 6.04 Å². The third-order valence-electron chi connectivity index (χ3n) is 5.48. The van der Waals surface area contributed by atoms with Gasteiger partial charge in [-0.05, 0) is 19.3 Å². The third kappa shape index (κ3) is 2.19. The molecule has 5 heteroatoms. The van der Waals surface area contributed by atoms with Crippen molar-refractivity contribution in [3.63, 3.8) is 0 Å². The molecule has 2 atom stereocenters. The van der Waals surface area contributed by atoms with Gasteiger partial charge in [0.25, 0.3) is 0 Å². The maximum absolute atomic E-state index is 11.6. The summed E-state index contributed by atoms with van der Waals surface area (Å²) in [5.41, 5.74) is 3.60. The number of aryl methyl sites for hydroxylation is 1. The fourth-order valence-corrected chi connectivity index (χ4v) is 4.31. The predicted molar refractivity (Wildman–Crippen MR) is 91.7 cm³/mol. The number of nitrogens with zero attached hydrogens (tertiary/aromatic N) is 3. The lowest BCUT2D eigenvalue weighted by atomic mass is 10.1. The van der Waals surface area contributed by atoms with Crippen molar-refractivity contribution in [3.8, 4) is 11.4 Å². The monoisotopic (exact) mass is 320 g/mol. The first kappa shape index (κ1) is 14.0. The molecule has 2 aromatic rings. The highest BCUT2D eigenvalue weighted by Crippen LogP contribution is 2.35. The highest BCUT2D eigenvalue weighted by molar-refractivity contribution is 5.80. The number of rotatable bonds is 2. The Morgan fingerprint density at radius 3 is 2.79 bits per heavy atom. The lowest BCUT2D eigenvalue weighted by Crippen LogP contribution is -2.33. The summed E-state index contributed by atoms with van der Waals surface area (Å²) in [6.45, 7) is 1.79. The van der Waals surface area contributed by atoms with E-state index in [0.29, 0.717) is 12.3 Å². The Morgan fingerprint density at radius 1 is 1.08 bits per heavy atom. The zero-order valence-electron chi connectivity index (χ0n) is 13.5. The zero-order chi connectivity index (χ0) is 16.1. The van der Waals surface area contributed by atoms with Crippen molar-refractivity contribution in [1.29, 1.82) is 0 Å². The van der Waals surface area contributed by atoms with Crippen LogP contribution in [0.4, 0.5) is 5.82 Å². The number of anilines is 1. The van der Waals surface area contributed by atoms with Crippen LogP contribution in [0.15, 0.2) is 30.3 Å². The van der Waals surface area contributed by atoms with E-state index in [2.05, 4.69) is 22.3 Å². The van der Waals surface area contributed by atoms with E-state index in [1.807, 2.05) is 18.2 Å². The number of carbonyl (C=O) groups is 1. The van der Waals surface area contributed by atoms with Crippen LogP contribution < -0.4 is 10.2 Å². The van der Waals surface area contributed by atoms with E-state index >= 15 is 0 Å². The lowest BCUT2D eigenvalue weighted by molar-refractivity contribution is -0.119. The van der Waals surface area contributed by atoms with Crippen molar-refractivity contribution >= 4 is 11.7 Å². The molecule has 24 heavy (non-hydrogen) atoms. The molecule has 1 amide bonds. The number of amides is 1. The smallest absolute Gasteiger partial charge is 0.220 e. The number of benzene rings is 1. The molecular formula is C19H20N4O. The van der Waals surface area contributed by atoms with Crippen LogP contribution in [-0.2, 0) is 17.6 Å². The van der Waals surface area contributed by atoms with Gasteiger partial charge in [-0.25, -0.2) is 9.97 Å². The van der Waals surface area contributed by atoms with E-state index in [-0.39, 0.29) is 11.9 Å². The number of nitrogens with one attached hydrogen (secondary N) is 1. The van der Waals surface area contributed by atoms with Crippen molar-refractivity contribution in [2.75, 3.05) is 18.0 Å². The normalized spacial score (nSPS) is 24.8. The van der Waals surface area contributed by atoms with Crippen LogP contribution in [0, 0.1) is 5.92 Å². The van der Waals surface area contributed by atoms with Crippen molar-refractivity contribution in [2.24, 2.45) is 5.92 Å². The molecule has 122 valence electrons. The summed E-state index contributed by atoms with van der Waals surface area (Å²) < 4.78 is 0. The van der Waals surface area contributed by atoms with E-state index in [9.17, 15) is 4.79 Å². The molecule has 1 aromatic heterocycles. The fourth-order valence-electron chi connectivity index (χ4n) is 4.31. The van der Waals surface area contributed by atoms with Gasteiger partial charge in [-0.2, -0.15) is 0 Å². The molecule has 5 nitrogen and oxygen atoms in total. The average molecular weight is 320 g/mol. The van der Waals surface area contributed by atoms with E-state index in [0.717, 1.165) is 49.6 Å². The highest BCUT2D eigenvalue weighted by atomic mass is 16.2. The van der Waals surface area contributed by atoms with Gasteiger partial charge in [0.1, 0.15) is 5.82 Å². The molecule has 0 radical (unpaired) electrons. The second-order valence-electron chi connectivity index (χ2n) is 7.06. The Labute approximate surface area is 141 Å². The molecule has 0 spiro atoms. The second kappa shape index (κ2) is 5.30. The minimum Gasteiger partial charge on any atom is -0.354 e. The van der Waals surface area contributed by atoms with Gasteiger partial charge in [-0.15, -0.1) is 0 Å². The van der Waals surface area contributed by atoms with Gasteiger partial charge < -0.3 is 10.2 Å². The molecule has 3 aliphatic rings. The Kier molecular flexibility index (Phi) is 3.08. The van der Waals surface area contributed by atoms with Crippen LogP contribution in [0.2, 0.25) is 0 Å². The predicted octanol–water partition coefficient (Wildman–Crippen LogP) is 1.96. The highest BCUT2D eigenvalue weighted by Gasteiger charge is 2.41. The van der Waals surface area contributed by atoms with E-state index in [1.165, 1.54) is 11.3 Å². The lowest BCUT2D eigenvalue weighted by Gasteiger charge is -2.22. The van der Waals surface area contributed by atoms with Gasteiger partial charge in [0.2, 0.25) is 5.91 Å². The first-order valence-electron chi connectivity index (χ1n) is 8.77. The molecule has 2 saturated heterocycles. The van der Waals surface area contributed by atoms with Crippen molar-refractivity contribution in [2.45, 2.75) is 31.7 Å². The number of hydrogen-bond acceptors (Lipinski definition) is 4. The molecule has 1 aromatic carbocycles. The SMILES string of the molecule is O=C1C[C@H]2CN(c3nc(-c4ccccc4)nc4c3CCC4)C[C@H]2N1. The summed E-state index contributed by atoms with van der Waals surface area (Å²) in [5.74, 6) is 2.54. The molecule has 5 rings (SSSR count). The minimum absolute atomic E-state index is 0.197. The third-order valence-corrected chi connectivity index (χ3v) is 5.48. The van der Waals surface area contributed by atoms with Crippen LogP contribution in [0.3, 0.4) is 0 Å². The van der Waals surface area contributed by atoms with Gasteiger partial charge in [-0.1, -0.05) is 30.3 Å². The summed E-state index contributed by atoms with van der Waals surface area (Å²) in [5, 5.41) is 3.11. The summed E-state index contributed by atoms with van der Waals surface area (Å²) >= 11 is 0. The van der Waals surface area contributed by atoms with Crippen LogP contribution in [0.25, 0.3) is 11.4 Å². The second-order valence-corrected chi connectivity index (χ2v) is 7.06. The van der Waals surface area contributed by atoms with Crippen LogP contribution in [0.1, 0.15) is 24.1 Å². The molecule has 3 heterocycles. The van der Waals surface area contributed by atoms with Crippen molar-refractivity contribution in [3.05, 3.63) is 41.6 Å². The molecule has 1 N–H and O–H groups in total. The zero-order valence-corrected chi connectivity index (χ0v) is 13.5. The summed E-state index contributed by atoms with van der Waals surface area (Å²) in [4.78, 5) is 23.7. The minimum atomic E-state index is 0.197. The van der Waals surface area contributed by atoms with Crippen molar-refractivity contribution < 1.29 is 4.79 Å². The molecule has 2 aliphatic heterocycles. The van der Waals surface area contributed by atoms with Crippen LogP contribution in [0.5, 0.6) is 0 Å². The summed E-state index contributed by atoms with van der Waals surface area (Å²) in [7, 11) is 0. The van der Waals surface area contributed by atoms with Gasteiger partial charge in [0, 0.05) is 42.2 Å². The van der Waals surface area contributed by atoms with Gasteiger partial charge in [0.15, 0.2) is 5.82 Å². The summed E-state index contributed by atoms with van der Waals surface area (Å²) in [6, 6.07) is 10.5. The number of fused-ring (bicyclic) bond motifs is 2. The van der Waals surface area contributed by atoms with E-state index in [4.69, 9.17) is 9.97 Å². The maximum Gasteiger partial charge on any atom is 0.220 e. The van der Waals surface area contributed by atoms with Gasteiger partial charge in [-0.3, -0.25) is 4.79 Å². The maximum atomic E-state index is 11.6. The largest absolute Gasteiger partial charge is 0.354 e. The van der Waals surface area contributed by atoms with Gasteiger partial charge >= 0.3 is 0 Å². The molecule has 2 fully saturated rings.